The van der Waals surface area contributed by atoms with Gasteiger partial charge in [-0.05, 0) is 26.3 Å². The van der Waals surface area contributed by atoms with Gasteiger partial charge in [0.2, 0.25) is 5.91 Å². The topological polar surface area (TPSA) is 129 Å². The van der Waals surface area contributed by atoms with Crippen LogP contribution in [0.25, 0.3) is 0 Å². The molecule has 0 fully saturated rings. The number of Topliss-reactive ketones (excluding diaryl/α,β-unsaturated/α-hetero) is 1. The number of hydrogen-bond donors (Lipinski definition) is 3. The van der Waals surface area contributed by atoms with Gasteiger partial charge in [0.05, 0.1) is 17.8 Å². The van der Waals surface area contributed by atoms with Crippen LogP contribution >= 0.6 is 0 Å². The van der Waals surface area contributed by atoms with Gasteiger partial charge in [0, 0.05) is 19.2 Å². The van der Waals surface area contributed by atoms with Crippen LogP contribution in [0.3, 0.4) is 0 Å². The third-order valence-electron chi connectivity index (χ3n) is 3.21. The van der Waals surface area contributed by atoms with E-state index in [1.807, 2.05) is 6.92 Å². The predicted molar refractivity (Wildman–Crippen MR) is 78.3 cm³/mol. The molecule has 1 rings (SSSR count). The second kappa shape index (κ2) is 8.48. The minimum atomic E-state index is -0.539. The molecule has 2 atom stereocenters. The van der Waals surface area contributed by atoms with Crippen LogP contribution in [0.15, 0.2) is 6.20 Å². The van der Waals surface area contributed by atoms with E-state index in [1.165, 1.54) is 6.92 Å². The lowest BCUT2D eigenvalue weighted by molar-refractivity contribution is -0.120. The number of primary amides is 1. The van der Waals surface area contributed by atoms with E-state index >= 15 is 0 Å². The fraction of sp³-hybridized carbons (Fsp3) is 0.692. The van der Waals surface area contributed by atoms with Crippen LogP contribution in [-0.2, 0) is 22.6 Å². The van der Waals surface area contributed by atoms with E-state index in [4.69, 9.17) is 11.5 Å². The van der Waals surface area contributed by atoms with Gasteiger partial charge in [-0.15, -0.1) is 5.10 Å². The lowest BCUT2D eigenvalue weighted by Crippen LogP contribution is -2.41. The number of rotatable bonds is 10. The Bertz CT molecular complexity index is 473. The van der Waals surface area contributed by atoms with Crippen molar-refractivity contribution in [3.05, 3.63) is 11.9 Å². The number of carbonyl (C=O) groups excluding carboxylic acids is 2. The van der Waals surface area contributed by atoms with Gasteiger partial charge in [-0.25, -0.2) is 0 Å². The fourth-order valence-electron chi connectivity index (χ4n) is 1.96. The van der Waals surface area contributed by atoms with Crippen LogP contribution in [0.2, 0.25) is 0 Å². The normalized spacial score (nSPS) is 13.9. The Morgan fingerprint density at radius 1 is 1.48 bits per heavy atom. The van der Waals surface area contributed by atoms with Crippen LogP contribution in [-0.4, -0.2) is 45.3 Å². The molecule has 2 unspecified atom stereocenters. The minimum Gasteiger partial charge on any atom is -0.368 e. The minimum absolute atomic E-state index is 0.0699. The van der Waals surface area contributed by atoms with E-state index in [-0.39, 0.29) is 17.7 Å². The van der Waals surface area contributed by atoms with E-state index in [0.29, 0.717) is 31.6 Å². The van der Waals surface area contributed by atoms with Crippen molar-refractivity contribution in [2.45, 2.75) is 51.7 Å². The Morgan fingerprint density at radius 2 is 2.19 bits per heavy atom. The zero-order chi connectivity index (χ0) is 15.8. The van der Waals surface area contributed by atoms with Crippen molar-refractivity contribution in [1.29, 1.82) is 0 Å². The molecule has 0 bridgehead atoms. The molecule has 8 heteroatoms. The molecule has 0 aliphatic carbocycles. The van der Waals surface area contributed by atoms with Crippen LogP contribution in [0, 0.1) is 0 Å². The van der Waals surface area contributed by atoms with Crippen molar-refractivity contribution < 1.29 is 9.59 Å². The third-order valence-corrected chi connectivity index (χ3v) is 3.21. The molecule has 0 aliphatic rings. The number of aryl methyl sites for hydroxylation is 1. The molecular weight excluding hydrogens is 272 g/mol. The van der Waals surface area contributed by atoms with Crippen molar-refractivity contribution in [2.75, 3.05) is 6.54 Å². The third kappa shape index (κ3) is 6.01. The molecule has 118 valence electrons. The molecule has 0 aliphatic heterocycles. The molecule has 1 amide bonds. The largest absolute Gasteiger partial charge is 0.368 e. The Balaban J connectivity index is 2.41. The Hall–Kier alpha value is -1.80. The summed E-state index contributed by atoms with van der Waals surface area (Å²) in [6, 6.07) is -0.854. The number of ketones is 1. The monoisotopic (exact) mass is 296 g/mol. The summed E-state index contributed by atoms with van der Waals surface area (Å²) < 4.78 is 1.69. The summed E-state index contributed by atoms with van der Waals surface area (Å²) in [4.78, 5) is 22.3. The fourth-order valence-corrected chi connectivity index (χ4v) is 1.96. The molecule has 0 aromatic carbocycles. The number of carbonyl (C=O) groups is 2. The molecule has 21 heavy (non-hydrogen) atoms. The van der Waals surface area contributed by atoms with Gasteiger partial charge in [-0.2, -0.15) is 0 Å². The smallest absolute Gasteiger partial charge is 0.234 e. The molecule has 8 nitrogen and oxygen atoms in total. The van der Waals surface area contributed by atoms with Crippen molar-refractivity contribution >= 4 is 11.7 Å². The maximum atomic E-state index is 11.2. The van der Waals surface area contributed by atoms with Gasteiger partial charge in [0.1, 0.15) is 5.78 Å². The highest BCUT2D eigenvalue weighted by Gasteiger charge is 2.14. The molecule has 1 aromatic heterocycles. The van der Waals surface area contributed by atoms with Gasteiger partial charge in [-0.3, -0.25) is 14.3 Å². The molecule has 0 radical (unpaired) electrons. The Labute approximate surface area is 124 Å². The summed E-state index contributed by atoms with van der Waals surface area (Å²) in [6.45, 7) is 4.72. The molecule has 0 saturated carbocycles. The lowest BCUT2D eigenvalue weighted by Gasteiger charge is -2.13. The highest BCUT2D eigenvalue weighted by atomic mass is 16.1. The number of likely N-dealkylation sites (N-methyl/N-ethyl adjacent to an activating group) is 1. The molecule has 0 spiro atoms. The molecule has 1 aromatic rings. The Morgan fingerprint density at radius 3 is 2.76 bits per heavy atom. The van der Waals surface area contributed by atoms with Crippen molar-refractivity contribution in [1.82, 2.24) is 20.3 Å². The average Bonchev–Trinajstić information content (AvgIpc) is 2.85. The number of hydrogen-bond acceptors (Lipinski definition) is 6. The number of nitrogens with zero attached hydrogens (tertiary/aromatic N) is 3. The molecule has 5 N–H and O–H groups in total. The standard InChI is InChI=1S/C13H24N6O2/c1-3-16-12(13(15)21)5-4-6-19-8-10(17-18-19)7-11(14)9(2)20/h8,11-12,16H,3-7,14H2,1-2H3,(H2,15,21). The molecular formula is C13H24N6O2. The summed E-state index contributed by atoms with van der Waals surface area (Å²) in [5.74, 6) is -0.414. The van der Waals surface area contributed by atoms with Gasteiger partial charge in [-0.1, -0.05) is 12.1 Å². The summed E-state index contributed by atoms with van der Waals surface area (Å²) in [7, 11) is 0. The van der Waals surface area contributed by atoms with Crippen LogP contribution in [0.5, 0.6) is 0 Å². The van der Waals surface area contributed by atoms with Gasteiger partial charge < -0.3 is 16.8 Å². The van der Waals surface area contributed by atoms with Gasteiger partial charge >= 0.3 is 0 Å². The molecule has 0 saturated heterocycles. The van der Waals surface area contributed by atoms with Crippen molar-refractivity contribution in [3.63, 3.8) is 0 Å². The molecule has 1 heterocycles. The second-order valence-corrected chi connectivity index (χ2v) is 5.05. The zero-order valence-corrected chi connectivity index (χ0v) is 12.6. The van der Waals surface area contributed by atoms with Crippen LogP contribution in [0.4, 0.5) is 0 Å². The average molecular weight is 296 g/mol. The second-order valence-electron chi connectivity index (χ2n) is 5.05. The highest BCUT2D eigenvalue weighted by Crippen LogP contribution is 2.02. The van der Waals surface area contributed by atoms with E-state index in [2.05, 4.69) is 15.6 Å². The predicted octanol–water partition coefficient (Wildman–Crippen LogP) is -1.02. The summed E-state index contributed by atoms with van der Waals surface area (Å²) >= 11 is 0. The maximum absolute atomic E-state index is 11.2. The van der Waals surface area contributed by atoms with Crippen LogP contribution in [0.1, 0.15) is 32.4 Å². The number of aromatic nitrogens is 3. The quantitative estimate of drug-likeness (QED) is 0.507. The SMILES string of the molecule is CCNC(CCCn1cc(CC(N)C(C)=O)nn1)C(N)=O. The van der Waals surface area contributed by atoms with Crippen molar-refractivity contribution in [2.24, 2.45) is 11.5 Å². The first kappa shape index (κ1) is 17.3. The first-order valence-corrected chi connectivity index (χ1v) is 7.11. The summed E-state index contributed by atoms with van der Waals surface area (Å²) in [5, 5.41) is 11.0. The van der Waals surface area contributed by atoms with Gasteiger partial charge in [0.15, 0.2) is 0 Å². The van der Waals surface area contributed by atoms with E-state index in [9.17, 15) is 9.59 Å². The Kier molecular flexibility index (Phi) is 6.97. The van der Waals surface area contributed by atoms with E-state index < -0.39 is 6.04 Å². The van der Waals surface area contributed by atoms with E-state index in [1.54, 1.807) is 10.9 Å². The number of amides is 1. The van der Waals surface area contributed by atoms with E-state index in [0.717, 1.165) is 6.42 Å². The van der Waals surface area contributed by atoms with Crippen LogP contribution < -0.4 is 16.8 Å². The van der Waals surface area contributed by atoms with Gasteiger partial charge in [0.25, 0.3) is 0 Å². The summed E-state index contributed by atoms with van der Waals surface area (Å²) in [5.41, 5.74) is 11.7. The number of nitrogens with one attached hydrogen (secondary N) is 1. The van der Waals surface area contributed by atoms with Crippen molar-refractivity contribution in [3.8, 4) is 0 Å². The lowest BCUT2D eigenvalue weighted by atomic mass is 10.1. The maximum Gasteiger partial charge on any atom is 0.234 e. The summed E-state index contributed by atoms with van der Waals surface area (Å²) in [6.07, 6.45) is 3.56. The highest BCUT2D eigenvalue weighted by molar-refractivity contribution is 5.81. The first-order chi connectivity index (χ1) is 9.93. The zero-order valence-electron chi connectivity index (χ0n) is 12.6. The number of nitrogens with two attached hydrogens (primary N) is 2. The first-order valence-electron chi connectivity index (χ1n) is 7.11.